The maximum atomic E-state index is 12.4. The second-order valence-electron chi connectivity index (χ2n) is 4.93. The molecule has 1 unspecified atom stereocenters. The number of carbonyl (C=O) groups excluding carboxylic acids is 1. The van der Waals surface area contributed by atoms with E-state index in [0.29, 0.717) is 11.1 Å². The maximum Gasteiger partial charge on any atom is 0.326 e. The smallest absolute Gasteiger partial charge is 0.326 e. The molecule has 6 heteroatoms. The van der Waals surface area contributed by atoms with Gasteiger partial charge in [-0.1, -0.05) is 18.2 Å². The summed E-state index contributed by atoms with van der Waals surface area (Å²) < 4.78 is 0. The summed E-state index contributed by atoms with van der Waals surface area (Å²) in [6, 6.07) is 6.14. The number of H-pyrrole nitrogens is 1. The van der Waals surface area contributed by atoms with E-state index < -0.39 is 23.5 Å². The number of carboxylic acids is 1. The number of pyridine rings is 1. The number of aliphatic carboxylic acids is 1. The number of amides is 1. The van der Waals surface area contributed by atoms with E-state index in [1.54, 1.807) is 25.1 Å². The molecular formula is C15H16N2O4. The van der Waals surface area contributed by atoms with Crippen LogP contribution >= 0.6 is 0 Å². The molecule has 0 aliphatic heterocycles. The van der Waals surface area contributed by atoms with Gasteiger partial charge < -0.3 is 15.0 Å². The number of nitrogens with one attached hydrogen (secondary N) is 1. The first-order valence-electron chi connectivity index (χ1n) is 6.46. The van der Waals surface area contributed by atoms with Crippen molar-refractivity contribution in [2.45, 2.75) is 19.9 Å². The zero-order valence-electron chi connectivity index (χ0n) is 12.0. The summed E-state index contributed by atoms with van der Waals surface area (Å²) in [6.45, 7) is 3.08. The molecule has 1 atom stereocenters. The highest BCUT2D eigenvalue weighted by atomic mass is 16.4. The number of para-hydroxylation sites is 1. The van der Waals surface area contributed by atoms with E-state index in [0.717, 1.165) is 10.3 Å². The molecule has 1 amide bonds. The van der Waals surface area contributed by atoms with Crippen molar-refractivity contribution >= 4 is 22.8 Å². The molecule has 1 aromatic heterocycles. The molecule has 1 heterocycles. The third-order valence-corrected chi connectivity index (χ3v) is 3.65. The maximum absolute atomic E-state index is 12.4. The molecule has 2 N–H and O–H groups in total. The van der Waals surface area contributed by atoms with Crippen LogP contribution in [0.15, 0.2) is 29.1 Å². The van der Waals surface area contributed by atoms with Crippen molar-refractivity contribution in [1.82, 2.24) is 9.88 Å². The largest absolute Gasteiger partial charge is 0.480 e. The summed E-state index contributed by atoms with van der Waals surface area (Å²) in [6.07, 6.45) is 0. The van der Waals surface area contributed by atoms with Crippen molar-refractivity contribution < 1.29 is 14.7 Å². The Balaban J connectivity index is 2.59. The fraction of sp³-hybridized carbons (Fsp3) is 0.267. The predicted molar refractivity (Wildman–Crippen MR) is 78.5 cm³/mol. The fourth-order valence-corrected chi connectivity index (χ4v) is 2.18. The third kappa shape index (κ3) is 2.52. The Morgan fingerprint density at radius 3 is 2.52 bits per heavy atom. The number of likely N-dealkylation sites (N-methyl/N-ethyl adjacent to an activating group) is 1. The molecule has 2 aromatic rings. The lowest BCUT2D eigenvalue weighted by atomic mass is 10.0. The minimum atomic E-state index is -1.12. The van der Waals surface area contributed by atoms with Crippen LogP contribution in [0, 0.1) is 6.92 Å². The summed E-state index contributed by atoms with van der Waals surface area (Å²) in [5, 5.41) is 9.74. The number of aromatic amines is 1. The molecule has 0 aliphatic rings. The molecule has 6 nitrogen and oxygen atoms in total. The molecule has 110 valence electrons. The highest BCUT2D eigenvalue weighted by Gasteiger charge is 2.26. The molecule has 2 rings (SSSR count). The van der Waals surface area contributed by atoms with Gasteiger partial charge in [0.25, 0.3) is 11.5 Å². The van der Waals surface area contributed by atoms with Gasteiger partial charge in [-0.25, -0.2) is 4.79 Å². The highest BCUT2D eigenvalue weighted by molar-refractivity contribution is 6.01. The van der Waals surface area contributed by atoms with Crippen LogP contribution in [-0.2, 0) is 4.79 Å². The van der Waals surface area contributed by atoms with Gasteiger partial charge in [-0.05, 0) is 25.5 Å². The van der Waals surface area contributed by atoms with Gasteiger partial charge in [0.15, 0.2) is 0 Å². The van der Waals surface area contributed by atoms with E-state index >= 15 is 0 Å². The van der Waals surface area contributed by atoms with Crippen molar-refractivity contribution in [2.24, 2.45) is 0 Å². The molecule has 0 radical (unpaired) electrons. The van der Waals surface area contributed by atoms with Crippen LogP contribution in [0.4, 0.5) is 0 Å². The lowest BCUT2D eigenvalue weighted by Crippen LogP contribution is -2.42. The lowest BCUT2D eigenvalue weighted by Gasteiger charge is -2.22. The minimum Gasteiger partial charge on any atom is -0.480 e. The fourth-order valence-electron chi connectivity index (χ4n) is 2.18. The van der Waals surface area contributed by atoms with Gasteiger partial charge >= 0.3 is 5.97 Å². The van der Waals surface area contributed by atoms with E-state index in [1.165, 1.54) is 14.0 Å². The average Bonchev–Trinajstić information content (AvgIpc) is 2.45. The normalized spacial score (nSPS) is 12.1. The number of aryl methyl sites for hydroxylation is 1. The van der Waals surface area contributed by atoms with Gasteiger partial charge in [0.2, 0.25) is 0 Å². The summed E-state index contributed by atoms with van der Waals surface area (Å²) in [5.74, 6) is -1.73. The van der Waals surface area contributed by atoms with Crippen molar-refractivity contribution in [3.05, 3.63) is 45.7 Å². The van der Waals surface area contributed by atoms with Crippen LogP contribution < -0.4 is 5.56 Å². The number of aromatic nitrogens is 1. The van der Waals surface area contributed by atoms with E-state index in [1.807, 2.05) is 6.07 Å². The van der Waals surface area contributed by atoms with Crippen molar-refractivity contribution in [2.75, 3.05) is 7.05 Å². The zero-order valence-corrected chi connectivity index (χ0v) is 12.0. The number of benzene rings is 1. The Kier molecular flexibility index (Phi) is 3.80. The molecule has 0 aliphatic carbocycles. The van der Waals surface area contributed by atoms with Gasteiger partial charge in [0, 0.05) is 18.0 Å². The Labute approximate surface area is 121 Å². The average molecular weight is 288 g/mol. The molecule has 1 aromatic carbocycles. The number of carboxylic acid groups (broad SMARTS) is 1. The van der Waals surface area contributed by atoms with Crippen LogP contribution in [0.3, 0.4) is 0 Å². The first-order valence-corrected chi connectivity index (χ1v) is 6.46. The van der Waals surface area contributed by atoms with E-state index in [2.05, 4.69) is 4.98 Å². The topological polar surface area (TPSA) is 90.5 Å². The van der Waals surface area contributed by atoms with Gasteiger partial charge in [-0.2, -0.15) is 0 Å². The van der Waals surface area contributed by atoms with Crippen LogP contribution in [0.25, 0.3) is 10.9 Å². The number of rotatable bonds is 3. The second kappa shape index (κ2) is 5.40. The van der Waals surface area contributed by atoms with Gasteiger partial charge in [0.1, 0.15) is 11.6 Å². The SMILES string of the molecule is Cc1c(C(=O)N(C)C(C)C(=O)O)c(=O)[nH]c2ccccc12. The monoisotopic (exact) mass is 288 g/mol. The zero-order chi connectivity index (χ0) is 15.7. The Bertz CT molecular complexity index is 779. The van der Waals surface area contributed by atoms with Crippen molar-refractivity contribution in [1.29, 1.82) is 0 Å². The number of hydrogen-bond donors (Lipinski definition) is 2. The molecule has 0 bridgehead atoms. The summed E-state index contributed by atoms with van der Waals surface area (Å²) in [5.41, 5.74) is 0.652. The van der Waals surface area contributed by atoms with Crippen LogP contribution in [0.2, 0.25) is 0 Å². The molecule has 21 heavy (non-hydrogen) atoms. The summed E-state index contributed by atoms with van der Waals surface area (Å²) in [4.78, 5) is 39.2. The number of carbonyl (C=O) groups is 2. The summed E-state index contributed by atoms with van der Waals surface area (Å²) >= 11 is 0. The van der Waals surface area contributed by atoms with Crippen molar-refractivity contribution in [3.63, 3.8) is 0 Å². The number of nitrogens with zero attached hydrogens (tertiary/aromatic N) is 1. The minimum absolute atomic E-state index is 0.0238. The first kappa shape index (κ1) is 14.8. The Hall–Kier alpha value is -2.63. The van der Waals surface area contributed by atoms with Crippen LogP contribution in [-0.4, -0.2) is 40.0 Å². The molecular weight excluding hydrogens is 272 g/mol. The van der Waals surface area contributed by atoms with Crippen LogP contribution in [0.1, 0.15) is 22.8 Å². The standard InChI is InChI=1S/C15H16N2O4/c1-8-10-6-4-5-7-11(10)16-13(18)12(8)14(19)17(3)9(2)15(20)21/h4-7,9H,1-3H3,(H,16,18)(H,20,21). The molecule has 0 spiro atoms. The van der Waals surface area contributed by atoms with E-state index in [9.17, 15) is 14.4 Å². The van der Waals surface area contributed by atoms with E-state index in [-0.39, 0.29) is 5.56 Å². The quantitative estimate of drug-likeness (QED) is 0.892. The van der Waals surface area contributed by atoms with Gasteiger partial charge in [0.05, 0.1) is 0 Å². The number of hydrogen-bond acceptors (Lipinski definition) is 3. The Morgan fingerprint density at radius 2 is 1.90 bits per heavy atom. The van der Waals surface area contributed by atoms with E-state index in [4.69, 9.17) is 5.11 Å². The van der Waals surface area contributed by atoms with Crippen LogP contribution in [0.5, 0.6) is 0 Å². The van der Waals surface area contributed by atoms with Gasteiger partial charge in [-0.3, -0.25) is 9.59 Å². The van der Waals surface area contributed by atoms with Gasteiger partial charge in [-0.15, -0.1) is 0 Å². The molecule has 0 fully saturated rings. The molecule has 0 saturated carbocycles. The Morgan fingerprint density at radius 1 is 1.29 bits per heavy atom. The van der Waals surface area contributed by atoms with Crippen molar-refractivity contribution in [3.8, 4) is 0 Å². The highest BCUT2D eigenvalue weighted by Crippen LogP contribution is 2.18. The first-order chi connectivity index (χ1) is 9.84. The molecule has 0 saturated heterocycles. The lowest BCUT2D eigenvalue weighted by molar-refractivity contribution is -0.141. The summed E-state index contributed by atoms with van der Waals surface area (Å²) in [7, 11) is 1.37. The predicted octanol–water partition coefficient (Wildman–Crippen LogP) is 1.38. The second-order valence-corrected chi connectivity index (χ2v) is 4.93. The third-order valence-electron chi connectivity index (χ3n) is 3.65. The number of fused-ring (bicyclic) bond motifs is 1.